The minimum absolute atomic E-state index is 0.0154. The Kier molecular flexibility index (Phi) is 5.80. The third kappa shape index (κ3) is 5.08. The summed E-state index contributed by atoms with van der Waals surface area (Å²) in [6.07, 6.45) is 0.774. The Bertz CT molecular complexity index is 770. The van der Waals surface area contributed by atoms with E-state index >= 15 is 0 Å². The number of rotatable bonds is 7. The molecule has 2 aromatic rings. The van der Waals surface area contributed by atoms with Crippen molar-refractivity contribution in [2.45, 2.75) is 31.6 Å². The predicted octanol–water partition coefficient (Wildman–Crippen LogP) is 1.72. The number of sulfonamides is 1. The molecule has 0 saturated heterocycles. The van der Waals surface area contributed by atoms with Crippen molar-refractivity contribution in [2.75, 3.05) is 11.9 Å². The Morgan fingerprint density at radius 2 is 1.91 bits per heavy atom. The summed E-state index contributed by atoms with van der Waals surface area (Å²) in [5, 5.41) is 11.6. The monoisotopic (exact) mass is 354 g/mol. The lowest BCUT2D eigenvalue weighted by Crippen LogP contribution is -2.27. The van der Waals surface area contributed by atoms with E-state index in [1.165, 1.54) is 23.5 Å². The Hall–Kier alpha value is -1.84. The molecule has 0 spiro atoms. The second kappa shape index (κ2) is 7.62. The Morgan fingerprint density at radius 1 is 1.22 bits per heavy atom. The van der Waals surface area contributed by atoms with Crippen LogP contribution in [0.15, 0.2) is 29.2 Å². The molecule has 0 fully saturated rings. The number of benzene rings is 1. The van der Waals surface area contributed by atoms with Gasteiger partial charge in [-0.3, -0.25) is 4.79 Å². The molecule has 124 valence electrons. The minimum atomic E-state index is -3.60. The maximum Gasteiger partial charge on any atom is 0.240 e. The first-order valence-electron chi connectivity index (χ1n) is 7.09. The highest BCUT2D eigenvalue weighted by Crippen LogP contribution is 2.15. The first kappa shape index (κ1) is 17.5. The van der Waals surface area contributed by atoms with Crippen molar-refractivity contribution in [1.29, 1.82) is 0 Å². The fourth-order valence-corrected chi connectivity index (χ4v) is 3.46. The van der Waals surface area contributed by atoms with Gasteiger partial charge in [0.05, 0.1) is 4.90 Å². The van der Waals surface area contributed by atoms with Crippen LogP contribution in [-0.4, -0.2) is 31.1 Å². The summed E-state index contributed by atoms with van der Waals surface area (Å²) in [7, 11) is -3.60. The molecule has 0 aliphatic carbocycles. The van der Waals surface area contributed by atoms with Gasteiger partial charge in [0, 0.05) is 13.0 Å². The Labute approximate surface area is 139 Å². The molecule has 2 N–H and O–H groups in total. The van der Waals surface area contributed by atoms with Crippen LogP contribution in [0.4, 0.5) is 5.13 Å². The normalized spacial score (nSPS) is 11.4. The van der Waals surface area contributed by atoms with Crippen LogP contribution in [0.1, 0.15) is 23.9 Å². The number of anilines is 1. The second-order valence-electron chi connectivity index (χ2n) is 4.86. The number of carbonyl (C=O) groups excluding carboxylic acids is 1. The van der Waals surface area contributed by atoms with Crippen LogP contribution in [-0.2, 0) is 21.2 Å². The number of amides is 1. The van der Waals surface area contributed by atoms with Crippen molar-refractivity contribution in [2.24, 2.45) is 0 Å². The lowest BCUT2D eigenvalue weighted by molar-refractivity contribution is -0.116. The quantitative estimate of drug-likeness (QED) is 0.788. The highest BCUT2D eigenvalue weighted by atomic mass is 32.2. The number of nitrogens with zero attached hydrogens (tertiary/aromatic N) is 2. The molecular weight excluding hydrogens is 336 g/mol. The van der Waals surface area contributed by atoms with Gasteiger partial charge in [0.1, 0.15) is 5.01 Å². The van der Waals surface area contributed by atoms with E-state index < -0.39 is 10.0 Å². The number of aromatic nitrogens is 2. The predicted molar refractivity (Wildman–Crippen MR) is 88.9 cm³/mol. The second-order valence-corrected chi connectivity index (χ2v) is 7.69. The van der Waals surface area contributed by atoms with Gasteiger partial charge in [0.25, 0.3) is 0 Å². The fourth-order valence-electron chi connectivity index (χ4n) is 1.73. The van der Waals surface area contributed by atoms with E-state index in [4.69, 9.17) is 0 Å². The molecule has 9 heteroatoms. The summed E-state index contributed by atoms with van der Waals surface area (Å²) in [4.78, 5) is 12.0. The van der Waals surface area contributed by atoms with Gasteiger partial charge in [0.2, 0.25) is 21.1 Å². The van der Waals surface area contributed by atoms with Gasteiger partial charge in [-0.2, -0.15) is 0 Å². The van der Waals surface area contributed by atoms with Crippen LogP contribution >= 0.6 is 11.3 Å². The molecule has 0 aliphatic heterocycles. The third-order valence-electron chi connectivity index (χ3n) is 2.99. The average molecular weight is 354 g/mol. The van der Waals surface area contributed by atoms with Crippen LogP contribution < -0.4 is 10.0 Å². The summed E-state index contributed by atoms with van der Waals surface area (Å²) in [5.74, 6) is -0.310. The smallest absolute Gasteiger partial charge is 0.240 e. The largest absolute Gasteiger partial charge is 0.300 e. The summed E-state index contributed by atoms with van der Waals surface area (Å²) < 4.78 is 26.5. The van der Waals surface area contributed by atoms with Gasteiger partial charge >= 0.3 is 0 Å². The number of carbonyl (C=O) groups is 1. The summed E-state index contributed by atoms with van der Waals surface area (Å²) >= 11 is 1.31. The van der Waals surface area contributed by atoms with Crippen molar-refractivity contribution in [3.05, 3.63) is 34.8 Å². The zero-order valence-corrected chi connectivity index (χ0v) is 14.5. The van der Waals surface area contributed by atoms with Gasteiger partial charge in [0.15, 0.2) is 0 Å². The molecule has 0 unspecified atom stereocenters. The van der Waals surface area contributed by atoms with E-state index in [0.29, 0.717) is 5.13 Å². The summed E-state index contributed by atoms with van der Waals surface area (Å²) in [6.45, 7) is 3.85. The van der Waals surface area contributed by atoms with Gasteiger partial charge in [-0.25, -0.2) is 13.1 Å². The van der Waals surface area contributed by atoms with Crippen molar-refractivity contribution < 1.29 is 13.2 Å². The van der Waals surface area contributed by atoms with Gasteiger partial charge in [-0.1, -0.05) is 36.0 Å². The van der Waals surface area contributed by atoms with Crippen LogP contribution in [0.2, 0.25) is 0 Å². The lowest BCUT2D eigenvalue weighted by Gasteiger charge is -2.06. The molecule has 0 bridgehead atoms. The molecule has 1 aromatic heterocycles. The average Bonchev–Trinajstić information content (AvgIpc) is 2.95. The molecule has 2 rings (SSSR count). The van der Waals surface area contributed by atoms with E-state index in [9.17, 15) is 13.2 Å². The first-order chi connectivity index (χ1) is 10.9. The SMILES string of the molecule is CCc1nnc(NC(=O)CCNS(=O)(=O)c2ccc(C)cc2)s1. The summed E-state index contributed by atoms with van der Waals surface area (Å²) in [6, 6.07) is 6.51. The molecule has 1 heterocycles. The molecule has 7 nitrogen and oxygen atoms in total. The van der Waals surface area contributed by atoms with Crippen LogP contribution in [0, 0.1) is 6.92 Å². The number of hydrogen-bond acceptors (Lipinski definition) is 6. The van der Waals surface area contributed by atoms with Crippen molar-refractivity contribution in [3.8, 4) is 0 Å². The van der Waals surface area contributed by atoms with Crippen LogP contribution in [0.5, 0.6) is 0 Å². The first-order valence-corrected chi connectivity index (χ1v) is 9.39. The van der Waals surface area contributed by atoms with E-state index in [2.05, 4.69) is 20.2 Å². The van der Waals surface area contributed by atoms with Gasteiger partial charge < -0.3 is 5.32 Å². The van der Waals surface area contributed by atoms with Gasteiger partial charge in [-0.05, 0) is 25.5 Å². The number of nitrogens with one attached hydrogen (secondary N) is 2. The number of aryl methyl sites for hydroxylation is 2. The molecule has 1 amide bonds. The maximum absolute atomic E-state index is 12.1. The Morgan fingerprint density at radius 3 is 2.52 bits per heavy atom. The highest BCUT2D eigenvalue weighted by molar-refractivity contribution is 7.89. The molecule has 23 heavy (non-hydrogen) atoms. The lowest BCUT2D eigenvalue weighted by atomic mass is 10.2. The van der Waals surface area contributed by atoms with Crippen LogP contribution in [0.25, 0.3) is 0 Å². The van der Waals surface area contributed by atoms with E-state index in [-0.39, 0.29) is 23.8 Å². The summed E-state index contributed by atoms with van der Waals surface area (Å²) in [5.41, 5.74) is 0.979. The highest BCUT2D eigenvalue weighted by Gasteiger charge is 2.14. The Balaban J connectivity index is 1.83. The molecule has 0 atom stereocenters. The standard InChI is InChI=1S/C14H18N4O3S2/c1-3-13-17-18-14(22-13)16-12(19)8-9-15-23(20,21)11-6-4-10(2)5-7-11/h4-7,15H,3,8-9H2,1-2H3,(H,16,18,19). The maximum atomic E-state index is 12.1. The van der Waals surface area contributed by atoms with Crippen molar-refractivity contribution in [1.82, 2.24) is 14.9 Å². The van der Waals surface area contributed by atoms with E-state index in [1.54, 1.807) is 12.1 Å². The topological polar surface area (TPSA) is 101 Å². The van der Waals surface area contributed by atoms with E-state index in [0.717, 1.165) is 17.0 Å². The molecule has 0 aliphatic rings. The third-order valence-corrected chi connectivity index (χ3v) is 5.45. The molecule has 0 radical (unpaired) electrons. The number of hydrogen-bond donors (Lipinski definition) is 2. The van der Waals surface area contributed by atoms with E-state index in [1.807, 2.05) is 13.8 Å². The minimum Gasteiger partial charge on any atom is -0.300 e. The van der Waals surface area contributed by atoms with Crippen molar-refractivity contribution in [3.63, 3.8) is 0 Å². The zero-order valence-electron chi connectivity index (χ0n) is 12.9. The zero-order chi connectivity index (χ0) is 16.9. The fraction of sp³-hybridized carbons (Fsp3) is 0.357. The van der Waals surface area contributed by atoms with Crippen molar-refractivity contribution >= 4 is 32.4 Å². The molecule has 0 saturated carbocycles. The molecule has 1 aromatic carbocycles. The van der Waals surface area contributed by atoms with Crippen LogP contribution in [0.3, 0.4) is 0 Å². The van der Waals surface area contributed by atoms with Gasteiger partial charge in [-0.15, -0.1) is 10.2 Å². The molecular formula is C14H18N4O3S2.